The lowest BCUT2D eigenvalue weighted by atomic mass is 10.0. The molecule has 1 aromatic heterocycles. The maximum atomic E-state index is 12.9. The van der Waals surface area contributed by atoms with Crippen LogP contribution in [-0.4, -0.2) is 39.8 Å². The molecule has 2 aromatic rings. The van der Waals surface area contributed by atoms with Gasteiger partial charge in [0.1, 0.15) is 11.6 Å². The molecule has 2 heterocycles. The van der Waals surface area contributed by atoms with Crippen LogP contribution in [0.4, 0.5) is 15.0 Å². The van der Waals surface area contributed by atoms with Crippen LogP contribution in [-0.2, 0) is 13.6 Å². The largest absolute Gasteiger partial charge is 0.335 e. The Balaban J connectivity index is 1.42. The van der Waals surface area contributed by atoms with Gasteiger partial charge >= 0.3 is 6.03 Å². The molecule has 128 valence electrons. The predicted molar refractivity (Wildman–Crippen MR) is 90.1 cm³/mol. The Kier molecular flexibility index (Phi) is 5.10. The lowest BCUT2D eigenvalue weighted by molar-refractivity contribution is 0.190. The first-order valence-corrected chi connectivity index (χ1v) is 8.12. The Hall–Kier alpha value is -2.41. The zero-order valence-electron chi connectivity index (χ0n) is 13.7. The third-order valence-electron chi connectivity index (χ3n) is 4.30. The number of rotatable bonds is 4. The molecule has 1 fully saturated rings. The number of nitrogens with one attached hydrogen (secondary N) is 2. The Morgan fingerprint density at radius 3 is 2.58 bits per heavy atom. The Morgan fingerprint density at radius 2 is 1.96 bits per heavy atom. The Bertz CT molecular complexity index is 677. The van der Waals surface area contributed by atoms with E-state index in [1.807, 2.05) is 12.1 Å². The van der Waals surface area contributed by atoms with E-state index >= 15 is 0 Å². The molecule has 1 aliphatic rings. The molecule has 1 saturated heterocycles. The van der Waals surface area contributed by atoms with Gasteiger partial charge in [0.2, 0.25) is 0 Å². The average Bonchev–Trinajstić information content (AvgIpc) is 2.96. The molecule has 24 heavy (non-hydrogen) atoms. The van der Waals surface area contributed by atoms with E-state index in [-0.39, 0.29) is 17.9 Å². The third-order valence-corrected chi connectivity index (χ3v) is 4.30. The van der Waals surface area contributed by atoms with Crippen molar-refractivity contribution >= 4 is 11.8 Å². The molecule has 1 aromatic carbocycles. The maximum absolute atomic E-state index is 12.9. The summed E-state index contributed by atoms with van der Waals surface area (Å²) < 4.78 is 14.5. The van der Waals surface area contributed by atoms with Crippen molar-refractivity contribution in [1.82, 2.24) is 20.0 Å². The molecular formula is C17H22FN5O. The van der Waals surface area contributed by atoms with Crippen LogP contribution in [0.5, 0.6) is 0 Å². The predicted octanol–water partition coefficient (Wildman–Crippen LogP) is 2.35. The molecule has 7 heteroatoms. The summed E-state index contributed by atoms with van der Waals surface area (Å²) in [6.45, 7) is 2.64. The van der Waals surface area contributed by atoms with Crippen LogP contribution < -0.4 is 10.6 Å². The van der Waals surface area contributed by atoms with E-state index in [0.717, 1.165) is 38.0 Å². The lowest BCUT2D eigenvalue weighted by Crippen LogP contribution is -2.45. The number of anilines is 1. The van der Waals surface area contributed by atoms with Crippen LogP contribution in [0.1, 0.15) is 18.4 Å². The topological polar surface area (TPSA) is 62.2 Å². The average molecular weight is 331 g/mol. The van der Waals surface area contributed by atoms with Gasteiger partial charge in [-0.15, -0.1) is 0 Å². The molecule has 6 nitrogen and oxygen atoms in total. The first-order valence-electron chi connectivity index (χ1n) is 8.12. The van der Waals surface area contributed by atoms with Crippen molar-refractivity contribution < 1.29 is 9.18 Å². The third kappa shape index (κ3) is 4.32. The lowest BCUT2D eigenvalue weighted by Gasteiger charge is -2.32. The smallest absolute Gasteiger partial charge is 0.320 e. The number of hydrogen-bond acceptors (Lipinski definition) is 3. The summed E-state index contributed by atoms with van der Waals surface area (Å²) >= 11 is 0. The van der Waals surface area contributed by atoms with Gasteiger partial charge in [-0.2, -0.15) is 5.10 Å². The summed E-state index contributed by atoms with van der Waals surface area (Å²) in [4.78, 5) is 14.3. The molecule has 1 aliphatic heterocycles. The standard InChI is InChI=1S/C17H22FN5O/c1-22-16(6-9-19-22)21-17(24)20-15-7-10-23(11-8-15)12-13-2-4-14(18)5-3-13/h2-6,9,15H,7-8,10-12H2,1H3,(H2,20,21,24). The number of aromatic nitrogens is 2. The fraction of sp³-hybridized carbons (Fsp3) is 0.412. The number of carbonyl (C=O) groups is 1. The van der Waals surface area contributed by atoms with E-state index in [0.29, 0.717) is 5.82 Å². The number of halogens is 1. The number of benzene rings is 1. The second kappa shape index (κ2) is 7.44. The van der Waals surface area contributed by atoms with Crippen molar-refractivity contribution in [2.45, 2.75) is 25.4 Å². The fourth-order valence-corrected chi connectivity index (χ4v) is 2.92. The summed E-state index contributed by atoms with van der Waals surface area (Å²) in [7, 11) is 1.78. The monoisotopic (exact) mass is 331 g/mol. The zero-order valence-corrected chi connectivity index (χ0v) is 13.7. The molecule has 0 radical (unpaired) electrons. The molecule has 0 saturated carbocycles. The van der Waals surface area contributed by atoms with Gasteiger partial charge in [-0.25, -0.2) is 9.18 Å². The summed E-state index contributed by atoms with van der Waals surface area (Å²) in [5, 5.41) is 9.82. The van der Waals surface area contributed by atoms with E-state index in [1.165, 1.54) is 12.1 Å². The SMILES string of the molecule is Cn1nccc1NC(=O)NC1CCN(Cc2ccc(F)cc2)CC1. The highest BCUT2D eigenvalue weighted by Crippen LogP contribution is 2.14. The minimum absolute atomic E-state index is 0.169. The number of likely N-dealkylation sites (tertiary alicyclic amines) is 1. The van der Waals surface area contributed by atoms with Crippen LogP contribution >= 0.6 is 0 Å². The van der Waals surface area contributed by atoms with E-state index < -0.39 is 0 Å². The molecule has 0 unspecified atom stereocenters. The van der Waals surface area contributed by atoms with Crippen molar-refractivity contribution in [2.24, 2.45) is 7.05 Å². The highest BCUT2D eigenvalue weighted by molar-refractivity contribution is 5.88. The molecule has 0 bridgehead atoms. The highest BCUT2D eigenvalue weighted by Gasteiger charge is 2.21. The van der Waals surface area contributed by atoms with Crippen molar-refractivity contribution in [2.75, 3.05) is 18.4 Å². The zero-order chi connectivity index (χ0) is 16.9. The maximum Gasteiger partial charge on any atom is 0.320 e. The normalized spacial score (nSPS) is 16.1. The first kappa shape index (κ1) is 16.4. The van der Waals surface area contributed by atoms with Gasteiger partial charge in [0.25, 0.3) is 0 Å². The molecule has 2 N–H and O–H groups in total. The van der Waals surface area contributed by atoms with Crippen LogP contribution in [0.15, 0.2) is 36.5 Å². The minimum atomic E-state index is -0.207. The van der Waals surface area contributed by atoms with Gasteiger partial charge in [0, 0.05) is 38.8 Å². The number of carbonyl (C=O) groups excluding carboxylic acids is 1. The van der Waals surface area contributed by atoms with Gasteiger partial charge in [-0.05, 0) is 30.5 Å². The quantitative estimate of drug-likeness (QED) is 0.904. The van der Waals surface area contributed by atoms with Gasteiger partial charge in [-0.1, -0.05) is 12.1 Å². The van der Waals surface area contributed by atoms with Gasteiger partial charge in [0.15, 0.2) is 0 Å². The minimum Gasteiger partial charge on any atom is -0.335 e. The Morgan fingerprint density at radius 1 is 1.25 bits per heavy atom. The van der Waals surface area contributed by atoms with E-state index in [4.69, 9.17) is 0 Å². The summed E-state index contributed by atoms with van der Waals surface area (Å²) in [6, 6.07) is 8.35. The van der Waals surface area contributed by atoms with Crippen LogP contribution in [0.3, 0.4) is 0 Å². The van der Waals surface area contributed by atoms with Gasteiger partial charge < -0.3 is 5.32 Å². The van der Waals surface area contributed by atoms with Crippen molar-refractivity contribution in [3.05, 3.63) is 47.9 Å². The summed E-state index contributed by atoms with van der Waals surface area (Å²) in [5.74, 6) is 0.460. The molecule has 0 atom stereocenters. The highest BCUT2D eigenvalue weighted by atomic mass is 19.1. The first-order chi connectivity index (χ1) is 11.6. The number of nitrogens with zero attached hydrogens (tertiary/aromatic N) is 3. The van der Waals surface area contributed by atoms with Crippen LogP contribution in [0.2, 0.25) is 0 Å². The van der Waals surface area contributed by atoms with Crippen LogP contribution in [0.25, 0.3) is 0 Å². The summed E-state index contributed by atoms with van der Waals surface area (Å²) in [5.41, 5.74) is 1.11. The number of aryl methyl sites for hydroxylation is 1. The van der Waals surface area contributed by atoms with Crippen LogP contribution in [0, 0.1) is 5.82 Å². The summed E-state index contributed by atoms with van der Waals surface area (Å²) in [6.07, 6.45) is 3.45. The van der Waals surface area contributed by atoms with Crippen molar-refractivity contribution in [3.8, 4) is 0 Å². The molecule has 3 rings (SSSR count). The molecule has 0 aliphatic carbocycles. The molecular weight excluding hydrogens is 309 g/mol. The second-order valence-corrected chi connectivity index (χ2v) is 6.12. The van der Waals surface area contributed by atoms with E-state index in [2.05, 4.69) is 20.6 Å². The van der Waals surface area contributed by atoms with E-state index in [1.54, 1.807) is 24.0 Å². The molecule has 0 spiro atoms. The van der Waals surface area contributed by atoms with Gasteiger partial charge in [-0.3, -0.25) is 14.9 Å². The fourth-order valence-electron chi connectivity index (χ4n) is 2.92. The van der Waals surface area contributed by atoms with Crippen molar-refractivity contribution in [1.29, 1.82) is 0 Å². The number of hydrogen-bond donors (Lipinski definition) is 2. The number of amides is 2. The van der Waals surface area contributed by atoms with E-state index in [9.17, 15) is 9.18 Å². The van der Waals surface area contributed by atoms with Crippen molar-refractivity contribution in [3.63, 3.8) is 0 Å². The number of urea groups is 1. The Labute approximate surface area is 140 Å². The molecule has 2 amide bonds. The number of piperidine rings is 1. The van der Waals surface area contributed by atoms with Gasteiger partial charge in [0.05, 0.1) is 6.20 Å². The second-order valence-electron chi connectivity index (χ2n) is 6.12.